The van der Waals surface area contributed by atoms with Crippen LogP contribution in [0.3, 0.4) is 0 Å². The number of alkyl halides is 3. The molecule has 0 fully saturated rings. The van der Waals surface area contributed by atoms with E-state index in [0.29, 0.717) is 17.0 Å². The molecule has 8 nitrogen and oxygen atoms in total. The fourth-order valence-electron chi connectivity index (χ4n) is 3.88. The molecule has 200 valence electrons. The summed E-state index contributed by atoms with van der Waals surface area (Å²) in [5, 5.41) is 0. The molecule has 0 aliphatic rings. The Morgan fingerprint density at radius 1 is 1.00 bits per heavy atom. The summed E-state index contributed by atoms with van der Waals surface area (Å²) in [5.41, 5.74) is 0.270. The molecule has 2 aromatic heterocycles. The van der Waals surface area contributed by atoms with E-state index >= 15 is 0 Å². The summed E-state index contributed by atoms with van der Waals surface area (Å²) in [4.78, 5) is 17.3. The van der Waals surface area contributed by atoms with Crippen molar-refractivity contribution >= 4 is 10.0 Å². The van der Waals surface area contributed by atoms with Crippen LogP contribution in [0.2, 0.25) is 0 Å². The molecular weight excluding hydrogens is 521 g/mol. The van der Waals surface area contributed by atoms with E-state index in [9.17, 15) is 26.4 Å². The highest BCUT2D eigenvalue weighted by Crippen LogP contribution is 2.29. The summed E-state index contributed by atoms with van der Waals surface area (Å²) in [7, 11) is 0.581. The topological polar surface area (TPSA) is 86.4 Å². The van der Waals surface area contributed by atoms with E-state index < -0.39 is 27.3 Å². The zero-order chi connectivity index (χ0) is 27.7. The monoisotopic (exact) mass is 546 g/mol. The minimum atomic E-state index is -4.48. The van der Waals surface area contributed by atoms with Crippen molar-refractivity contribution in [3.63, 3.8) is 0 Å². The second-order valence-electron chi connectivity index (χ2n) is 8.73. The van der Waals surface area contributed by atoms with Crippen LogP contribution in [0.25, 0.3) is 11.4 Å². The lowest BCUT2D eigenvalue weighted by Gasteiger charge is -2.19. The van der Waals surface area contributed by atoms with Crippen molar-refractivity contribution in [2.24, 2.45) is 7.05 Å². The summed E-state index contributed by atoms with van der Waals surface area (Å²) < 4.78 is 74.9. The Morgan fingerprint density at radius 3 is 2.18 bits per heavy atom. The number of pyridine rings is 1. The Balaban J connectivity index is 1.72. The maximum absolute atomic E-state index is 13.4. The molecule has 0 N–H and O–H groups in total. The van der Waals surface area contributed by atoms with Crippen molar-refractivity contribution in [1.29, 1.82) is 0 Å². The molecule has 0 unspecified atom stereocenters. The van der Waals surface area contributed by atoms with Gasteiger partial charge in [0.05, 0.1) is 36.1 Å². The zero-order valence-corrected chi connectivity index (χ0v) is 21.6. The van der Waals surface area contributed by atoms with Crippen LogP contribution in [0, 0.1) is 0 Å². The third-order valence-electron chi connectivity index (χ3n) is 5.96. The van der Waals surface area contributed by atoms with Crippen LogP contribution in [-0.2, 0) is 36.3 Å². The summed E-state index contributed by atoms with van der Waals surface area (Å²) in [6, 6.07) is 13.7. The molecule has 0 aliphatic carbocycles. The quantitative estimate of drug-likeness (QED) is 0.332. The lowest BCUT2D eigenvalue weighted by Crippen LogP contribution is -2.29. The summed E-state index contributed by atoms with van der Waals surface area (Å²) in [6.45, 7) is -0.0230. The highest BCUT2D eigenvalue weighted by molar-refractivity contribution is 7.89. The van der Waals surface area contributed by atoms with Gasteiger partial charge in [-0.3, -0.25) is 4.79 Å². The second kappa shape index (κ2) is 10.5. The van der Waals surface area contributed by atoms with E-state index in [1.54, 1.807) is 42.1 Å². The number of aromatic nitrogens is 3. The first kappa shape index (κ1) is 27.1. The number of ether oxygens (including phenoxy) is 1. The van der Waals surface area contributed by atoms with E-state index in [0.717, 1.165) is 28.1 Å². The van der Waals surface area contributed by atoms with Gasteiger partial charge in [0.15, 0.2) is 0 Å². The number of benzene rings is 2. The number of methoxy groups -OCH3 is 1. The Labute approximate surface area is 217 Å². The van der Waals surface area contributed by atoms with E-state index in [-0.39, 0.29) is 23.7 Å². The summed E-state index contributed by atoms with van der Waals surface area (Å²) >= 11 is 0. The van der Waals surface area contributed by atoms with Gasteiger partial charge in [0.1, 0.15) is 11.4 Å². The van der Waals surface area contributed by atoms with E-state index in [4.69, 9.17) is 4.74 Å². The Kier molecular flexibility index (Phi) is 7.47. The third kappa shape index (κ3) is 5.81. The van der Waals surface area contributed by atoms with Crippen LogP contribution < -0.4 is 10.3 Å². The summed E-state index contributed by atoms with van der Waals surface area (Å²) in [6.07, 6.45) is -1.36. The molecule has 38 heavy (non-hydrogen) atoms. The van der Waals surface area contributed by atoms with Crippen LogP contribution in [0.1, 0.15) is 16.7 Å². The van der Waals surface area contributed by atoms with Crippen molar-refractivity contribution in [3.05, 3.63) is 100 Å². The number of hydrogen-bond acceptors (Lipinski definition) is 5. The molecule has 0 saturated carbocycles. The molecule has 0 atom stereocenters. The highest BCUT2D eigenvalue weighted by atomic mass is 32.2. The van der Waals surface area contributed by atoms with Crippen molar-refractivity contribution in [2.75, 3.05) is 14.2 Å². The van der Waals surface area contributed by atoms with Crippen LogP contribution in [-0.4, -0.2) is 41.0 Å². The maximum atomic E-state index is 13.4. The number of nitrogens with zero attached hydrogens (tertiary/aromatic N) is 4. The fourth-order valence-corrected chi connectivity index (χ4v) is 5.07. The molecule has 2 aromatic carbocycles. The van der Waals surface area contributed by atoms with Crippen LogP contribution in [0.15, 0.2) is 82.9 Å². The Hall–Kier alpha value is -3.90. The third-order valence-corrected chi connectivity index (χ3v) is 7.74. The van der Waals surface area contributed by atoms with Gasteiger partial charge >= 0.3 is 6.18 Å². The Bertz CT molecular complexity index is 1590. The molecule has 0 bridgehead atoms. The van der Waals surface area contributed by atoms with E-state index in [2.05, 4.69) is 4.98 Å². The SMILES string of the molecule is COc1ccc(CN(C)S(=O)(=O)c2cc(-c3cn(C)cn3)n(Cc3ccc(C(F)(F)F)cc3)c(=O)c2)cc1. The van der Waals surface area contributed by atoms with Gasteiger partial charge in [-0.15, -0.1) is 0 Å². The predicted octanol–water partition coefficient (Wildman–Crippen LogP) is 4.15. The van der Waals surface area contributed by atoms with Crippen LogP contribution in [0.4, 0.5) is 13.2 Å². The van der Waals surface area contributed by atoms with Gasteiger partial charge in [0, 0.05) is 32.9 Å². The van der Waals surface area contributed by atoms with Crippen LogP contribution >= 0.6 is 0 Å². The van der Waals surface area contributed by atoms with Crippen molar-refractivity contribution < 1.29 is 26.3 Å². The van der Waals surface area contributed by atoms with Gasteiger partial charge in [-0.05, 0) is 41.5 Å². The van der Waals surface area contributed by atoms with Crippen molar-refractivity contribution in [3.8, 4) is 17.1 Å². The summed E-state index contributed by atoms with van der Waals surface area (Å²) in [5.74, 6) is 0.635. The number of halogens is 3. The molecule has 0 aliphatic heterocycles. The highest BCUT2D eigenvalue weighted by Gasteiger charge is 2.30. The number of imidazole rings is 1. The Morgan fingerprint density at radius 2 is 1.63 bits per heavy atom. The minimum Gasteiger partial charge on any atom is -0.497 e. The average molecular weight is 547 g/mol. The van der Waals surface area contributed by atoms with Crippen molar-refractivity contribution in [1.82, 2.24) is 18.4 Å². The predicted molar refractivity (Wildman–Crippen MR) is 135 cm³/mol. The number of hydrogen-bond donors (Lipinski definition) is 0. The molecule has 0 radical (unpaired) electrons. The molecular formula is C26H25F3N4O4S. The largest absolute Gasteiger partial charge is 0.497 e. The van der Waals surface area contributed by atoms with Gasteiger partial charge in [-0.25, -0.2) is 13.4 Å². The van der Waals surface area contributed by atoms with E-state index in [1.807, 2.05) is 0 Å². The minimum absolute atomic E-state index is 0.0554. The van der Waals surface area contributed by atoms with Gasteiger partial charge < -0.3 is 13.9 Å². The van der Waals surface area contributed by atoms with E-state index in [1.165, 1.54) is 43.3 Å². The van der Waals surface area contributed by atoms with Gasteiger partial charge in [-0.1, -0.05) is 24.3 Å². The lowest BCUT2D eigenvalue weighted by molar-refractivity contribution is -0.137. The molecule has 0 amide bonds. The molecule has 4 aromatic rings. The molecule has 0 spiro atoms. The molecule has 12 heteroatoms. The number of aryl methyl sites for hydroxylation is 1. The van der Waals surface area contributed by atoms with Gasteiger partial charge in [0.2, 0.25) is 10.0 Å². The zero-order valence-electron chi connectivity index (χ0n) is 20.8. The lowest BCUT2D eigenvalue weighted by atomic mass is 10.1. The smallest absolute Gasteiger partial charge is 0.416 e. The first-order chi connectivity index (χ1) is 17.9. The maximum Gasteiger partial charge on any atom is 0.416 e. The second-order valence-corrected chi connectivity index (χ2v) is 10.8. The number of sulfonamides is 1. The average Bonchev–Trinajstić information content (AvgIpc) is 3.31. The van der Waals surface area contributed by atoms with Crippen molar-refractivity contribution in [2.45, 2.75) is 24.2 Å². The van der Waals surface area contributed by atoms with Gasteiger partial charge in [0.25, 0.3) is 5.56 Å². The molecule has 2 heterocycles. The standard InChI is InChI=1S/C26H25F3N4O4S/c1-31-16-23(30-17-31)24-12-22(38(35,36)32(2)14-18-6-10-21(37-3)11-7-18)13-25(34)33(24)15-19-4-8-20(9-5-19)26(27,28)29/h4-13,16-17H,14-15H2,1-3H3. The first-order valence-electron chi connectivity index (χ1n) is 11.4. The normalized spacial score (nSPS) is 12.2. The van der Waals surface area contributed by atoms with Crippen LogP contribution in [0.5, 0.6) is 5.75 Å². The van der Waals surface area contributed by atoms with Gasteiger partial charge in [-0.2, -0.15) is 17.5 Å². The fraction of sp³-hybridized carbons (Fsp3) is 0.231. The first-order valence-corrected chi connectivity index (χ1v) is 12.8. The molecule has 0 saturated heterocycles. The number of rotatable bonds is 8. The molecule has 4 rings (SSSR count).